The molecule has 2 rings (SSSR count). The van der Waals surface area contributed by atoms with Gasteiger partial charge in [-0.3, -0.25) is 0 Å². The van der Waals surface area contributed by atoms with Crippen LogP contribution in [0, 0.1) is 0 Å². The lowest BCUT2D eigenvalue weighted by molar-refractivity contribution is 0.0606. The van der Waals surface area contributed by atoms with Crippen molar-refractivity contribution in [3.05, 3.63) is 14.7 Å². The minimum absolute atomic E-state index is 0.0970. The molecule has 2 heterocycles. The molecule has 0 atom stereocenters. The van der Waals surface area contributed by atoms with Gasteiger partial charge in [-0.25, -0.2) is 13.2 Å². The normalized spacial score (nSPS) is 17.4. The maximum atomic E-state index is 12.4. The first-order chi connectivity index (χ1) is 8.96. The molecule has 1 aromatic heterocycles. The lowest BCUT2D eigenvalue weighted by Crippen LogP contribution is -2.40. The van der Waals surface area contributed by atoms with Crippen LogP contribution in [-0.2, 0) is 19.5 Å². The number of sulfonamides is 1. The van der Waals surface area contributed by atoms with Gasteiger partial charge in [-0.15, -0.1) is 11.3 Å². The molecule has 1 fully saturated rings. The van der Waals surface area contributed by atoms with E-state index in [4.69, 9.17) is 4.74 Å². The SMILES string of the molecule is COC(=O)c1cc(S(=O)(=O)N2CCOCC2)c(Br)s1. The number of esters is 1. The Morgan fingerprint density at radius 3 is 2.68 bits per heavy atom. The molecule has 1 aliphatic rings. The number of morpholine rings is 1. The highest BCUT2D eigenvalue weighted by molar-refractivity contribution is 9.11. The standard InChI is InChI=1S/C10H12BrNO5S2/c1-16-10(13)7-6-8(9(11)18-7)19(14,15)12-2-4-17-5-3-12/h6H,2-5H2,1H3. The number of rotatable bonds is 3. The van der Waals surface area contributed by atoms with E-state index in [1.807, 2.05) is 0 Å². The molecule has 19 heavy (non-hydrogen) atoms. The lowest BCUT2D eigenvalue weighted by atomic mass is 10.5. The fourth-order valence-corrected chi connectivity index (χ4v) is 5.50. The molecule has 0 aromatic carbocycles. The summed E-state index contributed by atoms with van der Waals surface area (Å²) in [4.78, 5) is 11.8. The third kappa shape index (κ3) is 3.00. The quantitative estimate of drug-likeness (QED) is 0.751. The number of halogens is 1. The van der Waals surface area contributed by atoms with E-state index < -0.39 is 16.0 Å². The molecule has 1 aromatic rings. The highest BCUT2D eigenvalue weighted by Crippen LogP contribution is 2.34. The number of carbonyl (C=O) groups excluding carboxylic acids is 1. The van der Waals surface area contributed by atoms with Crippen LogP contribution in [0.5, 0.6) is 0 Å². The summed E-state index contributed by atoms with van der Waals surface area (Å²) in [5.41, 5.74) is 0. The molecule has 0 bridgehead atoms. The van der Waals surface area contributed by atoms with E-state index in [9.17, 15) is 13.2 Å². The molecule has 0 aliphatic carbocycles. The van der Waals surface area contributed by atoms with Crippen LogP contribution >= 0.6 is 27.3 Å². The van der Waals surface area contributed by atoms with Crippen molar-refractivity contribution >= 4 is 43.3 Å². The number of hydrogen-bond acceptors (Lipinski definition) is 6. The minimum atomic E-state index is -3.60. The minimum Gasteiger partial charge on any atom is -0.465 e. The van der Waals surface area contributed by atoms with Crippen LogP contribution in [0.15, 0.2) is 14.7 Å². The summed E-state index contributed by atoms with van der Waals surface area (Å²) < 4.78 is 36.3. The van der Waals surface area contributed by atoms with Crippen molar-refractivity contribution in [2.24, 2.45) is 0 Å². The number of ether oxygens (including phenoxy) is 2. The van der Waals surface area contributed by atoms with Crippen molar-refractivity contribution in [1.82, 2.24) is 4.31 Å². The monoisotopic (exact) mass is 369 g/mol. The highest BCUT2D eigenvalue weighted by Gasteiger charge is 2.30. The Balaban J connectivity index is 2.34. The average Bonchev–Trinajstić information content (AvgIpc) is 2.81. The van der Waals surface area contributed by atoms with Gasteiger partial charge in [-0.05, 0) is 22.0 Å². The van der Waals surface area contributed by atoms with Crippen LogP contribution < -0.4 is 0 Å². The van der Waals surface area contributed by atoms with Crippen LogP contribution in [0.2, 0.25) is 0 Å². The van der Waals surface area contributed by atoms with Gasteiger partial charge in [-0.1, -0.05) is 0 Å². The zero-order valence-electron chi connectivity index (χ0n) is 10.1. The Morgan fingerprint density at radius 1 is 1.47 bits per heavy atom. The molecule has 0 spiro atoms. The third-order valence-electron chi connectivity index (χ3n) is 2.63. The maximum absolute atomic E-state index is 12.4. The Hall–Kier alpha value is -0.480. The van der Waals surface area contributed by atoms with Crippen molar-refractivity contribution < 1.29 is 22.7 Å². The molecule has 1 saturated heterocycles. The summed E-state index contributed by atoms with van der Waals surface area (Å²) >= 11 is 4.23. The van der Waals surface area contributed by atoms with Gasteiger partial charge in [0.1, 0.15) is 9.77 Å². The Labute approximate surface area is 123 Å². The molecule has 9 heteroatoms. The lowest BCUT2D eigenvalue weighted by Gasteiger charge is -2.25. The van der Waals surface area contributed by atoms with Crippen LogP contribution in [0.3, 0.4) is 0 Å². The Kier molecular flexibility index (Phi) is 4.62. The van der Waals surface area contributed by atoms with Crippen molar-refractivity contribution in [2.75, 3.05) is 33.4 Å². The van der Waals surface area contributed by atoms with Crippen molar-refractivity contribution in [3.8, 4) is 0 Å². The summed E-state index contributed by atoms with van der Waals surface area (Å²) in [5.74, 6) is -0.547. The summed E-state index contributed by atoms with van der Waals surface area (Å²) in [5, 5.41) is 0. The van der Waals surface area contributed by atoms with Gasteiger partial charge in [-0.2, -0.15) is 4.31 Å². The smallest absolute Gasteiger partial charge is 0.348 e. The van der Waals surface area contributed by atoms with Gasteiger partial charge in [0.05, 0.1) is 24.1 Å². The van der Waals surface area contributed by atoms with Gasteiger partial charge < -0.3 is 9.47 Å². The largest absolute Gasteiger partial charge is 0.465 e. The number of thiophene rings is 1. The second-order valence-corrected chi connectivity index (χ2v) is 8.03. The third-order valence-corrected chi connectivity index (χ3v) is 6.76. The Morgan fingerprint density at radius 2 is 2.11 bits per heavy atom. The fraction of sp³-hybridized carbons (Fsp3) is 0.500. The van der Waals surface area contributed by atoms with Crippen LogP contribution in [0.1, 0.15) is 9.67 Å². The van der Waals surface area contributed by atoms with E-state index in [2.05, 4.69) is 20.7 Å². The topological polar surface area (TPSA) is 72.9 Å². The predicted octanol–water partition coefficient (Wildman–Crippen LogP) is 1.32. The predicted molar refractivity (Wildman–Crippen MR) is 72.9 cm³/mol. The second-order valence-electron chi connectivity index (χ2n) is 3.76. The van der Waals surface area contributed by atoms with E-state index in [1.54, 1.807) is 0 Å². The van der Waals surface area contributed by atoms with Gasteiger partial charge in [0, 0.05) is 13.1 Å². The molecular weight excluding hydrogens is 358 g/mol. The number of nitrogens with zero attached hydrogens (tertiary/aromatic N) is 1. The van der Waals surface area contributed by atoms with E-state index in [-0.39, 0.29) is 9.77 Å². The zero-order valence-corrected chi connectivity index (χ0v) is 13.3. The van der Waals surface area contributed by atoms with Gasteiger partial charge in [0.25, 0.3) is 0 Å². The summed E-state index contributed by atoms with van der Waals surface area (Å²) in [6.45, 7) is 1.39. The van der Waals surface area contributed by atoms with E-state index in [1.165, 1.54) is 17.5 Å². The van der Waals surface area contributed by atoms with Crippen LogP contribution in [0.4, 0.5) is 0 Å². The first kappa shape index (κ1) is 14.9. The van der Waals surface area contributed by atoms with E-state index in [0.29, 0.717) is 30.1 Å². The maximum Gasteiger partial charge on any atom is 0.348 e. The molecule has 106 valence electrons. The highest BCUT2D eigenvalue weighted by atomic mass is 79.9. The Bertz CT molecular complexity index is 577. The van der Waals surface area contributed by atoms with Gasteiger partial charge in [0.2, 0.25) is 10.0 Å². The average molecular weight is 370 g/mol. The molecule has 1 aliphatic heterocycles. The zero-order chi connectivity index (χ0) is 14.0. The number of methoxy groups -OCH3 is 1. The first-order valence-corrected chi connectivity index (χ1v) is 8.47. The molecular formula is C10H12BrNO5S2. The molecule has 0 unspecified atom stereocenters. The van der Waals surface area contributed by atoms with Crippen LogP contribution in [0.25, 0.3) is 0 Å². The van der Waals surface area contributed by atoms with Crippen LogP contribution in [-0.4, -0.2) is 52.1 Å². The number of carbonyl (C=O) groups is 1. The second kappa shape index (κ2) is 5.88. The fourth-order valence-electron chi connectivity index (χ4n) is 1.66. The summed E-state index contributed by atoms with van der Waals surface area (Å²) in [6, 6.07) is 1.34. The van der Waals surface area contributed by atoms with E-state index in [0.717, 1.165) is 11.3 Å². The van der Waals surface area contributed by atoms with E-state index >= 15 is 0 Å². The van der Waals surface area contributed by atoms with Gasteiger partial charge in [0.15, 0.2) is 0 Å². The van der Waals surface area contributed by atoms with Crippen molar-refractivity contribution in [1.29, 1.82) is 0 Å². The van der Waals surface area contributed by atoms with Crippen molar-refractivity contribution in [2.45, 2.75) is 4.90 Å². The van der Waals surface area contributed by atoms with Crippen molar-refractivity contribution in [3.63, 3.8) is 0 Å². The first-order valence-electron chi connectivity index (χ1n) is 5.42. The molecule has 0 amide bonds. The summed E-state index contributed by atoms with van der Waals surface area (Å²) in [6.07, 6.45) is 0. The molecule has 0 radical (unpaired) electrons. The molecule has 6 nitrogen and oxygen atoms in total. The molecule has 0 N–H and O–H groups in total. The summed E-state index contributed by atoms with van der Waals surface area (Å²) in [7, 11) is -2.35. The van der Waals surface area contributed by atoms with Gasteiger partial charge >= 0.3 is 5.97 Å². The number of hydrogen-bond donors (Lipinski definition) is 0. The molecule has 0 saturated carbocycles.